The molecule has 0 bridgehead atoms. The average Bonchev–Trinajstić information content (AvgIpc) is 2.10. The van der Waals surface area contributed by atoms with Crippen molar-refractivity contribution >= 4 is 13.8 Å². The molecule has 9 nitrogen and oxygen atoms in total. The summed E-state index contributed by atoms with van der Waals surface area (Å²) in [6.07, 6.45) is -5.88. The van der Waals surface area contributed by atoms with Crippen LogP contribution in [0.25, 0.3) is 0 Å². The molecule has 0 heterocycles. The van der Waals surface area contributed by atoms with Crippen molar-refractivity contribution in [1.29, 1.82) is 0 Å². The van der Waals surface area contributed by atoms with E-state index in [9.17, 15) is 19.6 Å². The molecule has 4 atom stereocenters. The Labute approximate surface area is 96.5 Å². The summed E-state index contributed by atoms with van der Waals surface area (Å²) in [6.45, 7) is 1.84. The topological polar surface area (TPSA) is 165 Å². The van der Waals surface area contributed by atoms with Gasteiger partial charge >= 0.3 is 13.8 Å². The minimum atomic E-state index is -5.18. The van der Waals surface area contributed by atoms with Crippen LogP contribution in [-0.2, 0) is 13.9 Å². The molecule has 0 spiro atoms. The van der Waals surface area contributed by atoms with Gasteiger partial charge in [-0.05, 0) is 13.8 Å². The summed E-state index contributed by atoms with van der Waals surface area (Å²) in [6, 6.07) is 0. The molecule has 10 heteroatoms. The highest BCUT2D eigenvalue weighted by Gasteiger charge is 2.49. The van der Waals surface area contributed by atoms with Crippen molar-refractivity contribution in [2.45, 2.75) is 37.8 Å². The van der Waals surface area contributed by atoms with Crippen LogP contribution in [0.5, 0.6) is 0 Å². The summed E-state index contributed by atoms with van der Waals surface area (Å²) in [7, 11) is -5.18. The number of phosphoric ester groups is 1. The Hall–Kier alpha value is -0.540. The second-order valence-corrected chi connectivity index (χ2v) is 4.92. The number of hydrogen-bond donors (Lipinski definition) is 6. The number of aliphatic hydroxyl groups is 3. The Kier molecular flexibility index (Phi) is 5.23. The fraction of sp³-hybridized carbons (Fsp3) is 0.857. The van der Waals surface area contributed by atoms with Crippen LogP contribution in [0.2, 0.25) is 0 Å². The summed E-state index contributed by atoms with van der Waals surface area (Å²) >= 11 is 0. The molecule has 0 aromatic heterocycles. The fourth-order valence-corrected chi connectivity index (χ4v) is 1.76. The second-order valence-electron chi connectivity index (χ2n) is 3.73. The Morgan fingerprint density at radius 2 is 1.76 bits per heavy atom. The number of carboxylic acids is 1. The number of rotatable bonds is 6. The van der Waals surface area contributed by atoms with E-state index in [2.05, 4.69) is 4.52 Å². The van der Waals surface area contributed by atoms with Gasteiger partial charge in [0.1, 0.15) is 11.7 Å². The van der Waals surface area contributed by atoms with Crippen LogP contribution >= 0.6 is 7.82 Å². The number of phosphoric acid groups is 1. The van der Waals surface area contributed by atoms with Gasteiger partial charge in [0.15, 0.2) is 6.10 Å². The predicted octanol–water partition coefficient (Wildman–Crippen LogP) is -1.96. The highest BCUT2D eigenvalue weighted by molar-refractivity contribution is 7.46. The molecular weight excluding hydrogens is 259 g/mol. The third-order valence-electron chi connectivity index (χ3n) is 2.05. The van der Waals surface area contributed by atoms with Gasteiger partial charge in [-0.1, -0.05) is 0 Å². The molecule has 0 aliphatic heterocycles. The zero-order valence-electron chi connectivity index (χ0n) is 9.09. The minimum Gasteiger partial charge on any atom is -0.479 e. The molecule has 0 amide bonds. The summed E-state index contributed by atoms with van der Waals surface area (Å²) in [5.74, 6) is -1.89. The Morgan fingerprint density at radius 1 is 1.35 bits per heavy atom. The van der Waals surface area contributed by atoms with Crippen LogP contribution in [0.15, 0.2) is 0 Å². The van der Waals surface area contributed by atoms with E-state index in [1.807, 2.05) is 0 Å². The van der Waals surface area contributed by atoms with Gasteiger partial charge < -0.3 is 30.2 Å². The maximum absolute atomic E-state index is 10.7. The largest absolute Gasteiger partial charge is 0.479 e. The third kappa shape index (κ3) is 4.68. The van der Waals surface area contributed by atoms with Crippen LogP contribution in [-0.4, -0.2) is 60.1 Å². The van der Waals surface area contributed by atoms with Crippen molar-refractivity contribution in [3.8, 4) is 0 Å². The molecule has 0 aliphatic carbocycles. The van der Waals surface area contributed by atoms with Crippen LogP contribution < -0.4 is 0 Å². The highest BCUT2D eigenvalue weighted by Crippen LogP contribution is 2.40. The monoisotopic (exact) mass is 274 g/mol. The van der Waals surface area contributed by atoms with E-state index in [-0.39, 0.29) is 0 Å². The van der Waals surface area contributed by atoms with Gasteiger partial charge in [0, 0.05) is 0 Å². The summed E-state index contributed by atoms with van der Waals surface area (Å²) in [5, 5.41) is 36.8. The summed E-state index contributed by atoms with van der Waals surface area (Å²) in [4.78, 5) is 27.7. The molecule has 0 aliphatic rings. The molecule has 0 aromatic rings. The molecule has 0 saturated carbocycles. The maximum atomic E-state index is 10.7. The smallest absolute Gasteiger partial charge is 0.470 e. The Balaban J connectivity index is 5.18. The van der Waals surface area contributed by atoms with Crippen molar-refractivity contribution in [3.63, 3.8) is 0 Å². The van der Waals surface area contributed by atoms with Crippen molar-refractivity contribution in [2.75, 3.05) is 0 Å². The quantitative estimate of drug-likeness (QED) is 0.301. The van der Waals surface area contributed by atoms with E-state index in [0.29, 0.717) is 0 Å². The maximum Gasteiger partial charge on any atom is 0.470 e. The van der Waals surface area contributed by atoms with Gasteiger partial charge in [-0.3, -0.25) is 4.52 Å². The first-order valence-electron chi connectivity index (χ1n) is 4.45. The fourth-order valence-electron chi connectivity index (χ4n) is 1.18. The molecule has 102 valence electrons. The first kappa shape index (κ1) is 16.5. The molecule has 0 fully saturated rings. The Bertz CT molecular complexity index is 319. The van der Waals surface area contributed by atoms with Gasteiger partial charge in [0.2, 0.25) is 0 Å². The van der Waals surface area contributed by atoms with Crippen molar-refractivity contribution < 1.29 is 44.1 Å². The first-order valence-corrected chi connectivity index (χ1v) is 5.98. The van der Waals surface area contributed by atoms with E-state index in [1.165, 1.54) is 0 Å². The van der Waals surface area contributed by atoms with Gasteiger partial charge in [-0.15, -0.1) is 0 Å². The number of carboxylic acid groups (broad SMARTS) is 1. The molecular formula is C7H15O9P. The van der Waals surface area contributed by atoms with E-state index in [4.69, 9.17) is 20.0 Å². The number of aliphatic carboxylic acids is 1. The Morgan fingerprint density at radius 3 is 2.00 bits per heavy atom. The second kappa shape index (κ2) is 5.40. The van der Waals surface area contributed by atoms with Crippen molar-refractivity contribution in [2.24, 2.45) is 0 Å². The molecule has 0 saturated heterocycles. The zero-order chi connectivity index (χ0) is 14.0. The lowest BCUT2D eigenvalue weighted by Crippen LogP contribution is -2.57. The number of hydrogen-bond acceptors (Lipinski definition) is 6. The lowest BCUT2D eigenvalue weighted by Gasteiger charge is -2.35. The van der Waals surface area contributed by atoms with Crippen LogP contribution in [0.4, 0.5) is 0 Å². The number of aliphatic hydroxyl groups excluding tert-OH is 2. The summed E-state index contributed by atoms with van der Waals surface area (Å²) < 4.78 is 14.4. The SMILES string of the molecule is C[C@@H](O)[C@@H](O)[C@](C)(O)[C@H](OP(=O)(O)O)C(=O)O. The minimum absolute atomic E-state index is 0.777. The summed E-state index contributed by atoms with van der Waals surface area (Å²) in [5.41, 5.74) is -2.58. The van der Waals surface area contributed by atoms with Gasteiger partial charge in [-0.2, -0.15) is 0 Å². The van der Waals surface area contributed by atoms with E-state index < -0.39 is 37.7 Å². The molecule has 6 N–H and O–H groups in total. The molecule has 0 rings (SSSR count). The standard InChI is InChI=1S/C7H15O9P/c1-3(8)4(9)7(2,12)5(6(10)11)16-17(13,14)15/h3-5,8-9,12H,1-2H3,(H,10,11)(H2,13,14,15)/t3-,4-,5-,7+/m1/s1. The first-order chi connectivity index (χ1) is 7.39. The zero-order valence-corrected chi connectivity index (χ0v) is 9.98. The van der Waals surface area contributed by atoms with Gasteiger partial charge in [-0.25, -0.2) is 9.36 Å². The molecule has 0 radical (unpaired) electrons. The van der Waals surface area contributed by atoms with Gasteiger partial charge in [0.05, 0.1) is 6.10 Å². The van der Waals surface area contributed by atoms with E-state index >= 15 is 0 Å². The molecule has 17 heavy (non-hydrogen) atoms. The molecule has 0 aromatic carbocycles. The van der Waals surface area contributed by atoms with E-state index in [0.717, 1.165) is 13.8 Å². The average molecular weight is 274 g/mol. The predicted molar refractivity (Wildman–Crippen MR) is 52.9 cm³/mol. The normalized spacial score (nSPS) is 21.4. The van der Waals surface area contributed by atoms with Crippen LogP contribution in [0.1, 0.15) is 13.8 Å². The molecule has 0 unspecified atom stereocenters. The highest BCUT2D eigenvalue weighted by atomic mass is 31.2. The lowest BCUT2D eigenvalue weighted by molar-refractivity contribution is -0.184. The van der Waals surface area contributed by atoms with Crippen LogP contribution in [0, 0.1) is 0 Å². The lowest BCUT2D eigenvalue weighted by atomic mass is 9.89. The van der Waals surface area contributed by atoms with Crippen LogP contribution in [0.3, 0.4) is 0 Å². The third-order valence-corrected chi connectivity index (χ3v) is 2.54. The van der Waals surface area contributed by atoms with Crippen molar-refractivity contribution in [3.05, 3.63) is 0 Å². The van der Waals surface area contributed by atoms with Crippen molar-refractivity contribution in [1.82, 2.24) is 0 Å². The number of carbonyl (C=O) groups is 1. The van der Waals surface area contributed by atoms with E-state index in [1.54, 1.807) is 0 Å². The van der Waals surface area contributed by atoms with Gasteiger partial charge in [0.25, 0.3) is 0 Å².